The quantitative estimate of drug-likeness (QED) is 0.580. The second-order valence-corrected chi connectivity index (χ2v) is 2.45. The molecule has 1 radical (unpaired) electrons. The molecule has 1 aromatic rings. The number of rotatable bonds is 1. The number of oxazole rings is 1. The summed E-state index contributed by atoms with van der Waals surface area (Å²) < 4.78 is 5.08. The first-order chi connectivity index (χ1) is 4.97. The molecule has 1 aromatic heterocycles. The van der Waals surface area contributed by atoms with Crippen molar-refractivity contribution in [2.45, 2.75) is 12.8 Å². The summed E-state index contributed by atoms with van der Waals surface area (Å²) in [5.74, 6) is 0. The Balaban J connectivity index is 2.12. The van der Waals surface area contributed by atoms with Gasteiger partial charge in [-0.05, 0) is 12.8 Å². The summed E-state index contributed by atoms with van der Waals surface area (Å²) in [4.78, 5) is 6.07. The molecule has 1 aliphatic rings. The molecule has 0 unspecified atom stereocenters. The third-order valence-corrected chi connectivity index (χ3v) is 1.75. The van der Waals surface area contributed by atoms with Crippen LogP contribution in [0.25, 0.3) is 0 Å². The summed E-state index contributed by atoms with van der Waals surface area (Å²) in [6.07, 6.45) is 6.65. The van der Waals surface area contributed by atoms with Crippen molar-refractivity contribution in [2.75, 3.05) is 18.0 Å². The van der Waals surface area contributed by atoms with E-state index >= 15 is 0 Å². The lowest BCUT2D eigenvalue weighted by Crippen LogP contribution is -2.17. The first-order valence-corrected chi connectivity index (χ1v) is 3.53. The minimum Gasteiger partial charge on any atom is -0.431 e. The second-order valence-electron chi connectivity index (χ2n) is 2.45. The van der Waals surface area contributed by atoms with Gasteiger partial charge in [-0.15, -0.1) is 0 Å². The normalized spacial score (nSPS) is 18.2. The third kappa shape index (κ3) is 0.875. The van der Waals surface area contributed by atoms with Gasteiger partial charge in [0.2, 0.25) is 0 Å². The fourth-order valence-corrected chi connectivity index (χ4v) is 1.24. The topological polar surface area (TPSA) is 29.3 Å². The van der Waals surface area contributed by atoms with E-state index in [1.165, 1.54) is 19.1 Å². The van der Waals surface area contributed by atoms with E-state index in [9.17, 15) is 0 Å². The zero-order valence-electron chi connectivity index (χ0n) is 5.71. The molecule has 0 bridgehead atoms. The van der Waals surface area contributed by atoms with Crippen LogP contribution in [0.1, 0.15) is 12.8 Å². The maximum Gasteiger partial charge on any atom is 0.297 e. The van der Waals surface area contributed by atoms with E-state index in [-0.39, 0.29) is 0 Å². The number of aromatic nitrogens is 1. The Kier molecular flexibility index (Phi) is 1.34. The van der Waals surface area contributed by atoms with Crippen LogP contribution in [0.15, 0.2) is 10.7 Å². The van der Waals surface area contributed by atoms with Crippen LogP contribution >= 0.6 is 0 Å². The first-order valence-electron chi connectivity index (χ1n) is 3.53. The van der Waals surface area contributed by atoms with Crippen molar-refractivity contribution in [2.24, 2.45) is 0 Å². The van der Waals surface area contributed by atoms with Gasteiger partial charge in [0.05, 0.1) is 0 Å². The molecule has 2 rings (SSSR count). The molecule has 3 nitrogen and oxygen atoms in total. The standard InChI is InChI=1S/C7H9N2O/c1-2-5-9(4-1)7-8-3-6-10-7/h6H,1-2,4-5H2. The van der Waals surface area contributed by atoms with Gasteiger partial charge in [-0.3, -0.25) is 0 Å². The lowest BCUT2D eigenvalue weighted by molar-refractivity contribution is 0.547. The van der Waals surface area contributed by atoms with Gasteiger partial charge < -0.3 is 9.32 Å². The molecule has 1 fully saturated rings. The zero-order chi connectivity index (χ0) is 6.81. The summed E-state index contributed by atoms with van der Waals surface area (Å²) in [6.45, 7) is 2.16. The SMILES string of the molecule is [c]1coc(N2CCCC2)n1. The molecule has 0 N–H and O–H groups in total. The Morgan fingerprint density at radius 1 is 1.50 bits per heavy atom. The van der Waals surface area contributed by atoms with Gasteiger partial charge >= 0.3 is 0 Å². The van der Waals surface area contributed by atoms with Gasteiger partial charge in [0.25, 0.3) is 6.01 Å². The van der Waals surface area contributed by atoms with Crippen LogP contribution in [0, 0.1) is 6.20 Å². The lowest BCUT2D eigenvalue weighted by atomic mass is 10.4. The monoisotopic (exact) mass is 137 g/mol. The minimum absolute atomic E-state index is 0.720. The summed E-state index contributed by atoms with van der Waals surface area (Å²) in [5, 5.41) is 0. The molecule has 0 atom stereocenters. The molecular formula is C7H9N2O. The van der Waals surface area contributed by atoms with Crippen molar-refractivity contribution in [3.8, 4) is 0 Å². The van der Waals surface area contributed by atoms with Crippen LogP contribution < -0.4 is 4.90 Å². The smallest absolute Gasteiger partial charge is 0.297 e. The number of hydrogen-bond acceptors (Lipinski definition) is 3. The van der Waals surface area contributed by atoms with Gasteiger partial charge in [-0.2, -0.15) is 4.98 Å². The molecule has 0 aromatic carbocycles. The van der Waals surface area contributed by atoms with Crippen LogP contribution in [0.5, 0.6) is 0 Å². The van der Waals surface area contributed by atoms with Crippen molar-refractivity contribution in [3.63, 3.8) is 0 Å². The molecule has 1 aliphatic heterocycles. The molecule has 0 spiro atoms. The first kappa shape index (κ1) is 5.77. The fourth-order valence-electron chi connectivity index (χ4n) is 1.24. The van der Waals surface area contributed by atoms with Crippen molar-refractivity contribution < 1.29 is 4.42 Å². The molecule has 0 saturated carbocycles. The largest absolute Gasteiger partial charge is 0.431 e. The molecule has 1 saturated heterocycles. The summed E-state index contributed by atoms with van der Waals surface area (Å²) >= 11 is 0. The molecule has 3 heteroatoms. The van der Waals surface area contributed by atoms with Gasteiger partial charge in [0.1, 0.15) is 12.5 Å². The maximum atomic E-state index is 5.08. The van der Waals surface area contributed by atoms with Gasteiger partial charge in [0, 0.05) is 13.1 Å². The summed E-state index contributed by atoms with van der Waals surface area (Å²) in [7, 11) is 0. The average Bonchev–Trinajstić information content (AvgIpc) is 2.59. The van der Waals surface area contributed by atoms with Crippen molar-refractivity contribution in [3.05, 3.63) is 12.5 Å². The highest BCUT2D eigenvalue weighted by Gasteiger charge is 2.14. The Labute approximate surface area is 59.7 Å². The van der Waals surface area contributed by atoms with Crippen molar-refractivity contribution in [1.82, 2.24) is 4.98 Å². The average molecular weight is 137 g/mol. The highest BCUT2D eigenvalue weighted by atomic mass is 16.4. The van der Waals surface area contributed by atoms with Crippen molar-refractivity contribution in [1.29, 1.82) is 0 Å². The molecule has 2 heterocycles. The summed E-state index contributed by atoms with van der Waals surface area (Å²) in [5.41, 5.74) is 0. The molecule has 10 heavy (non-hydrogen) atoms. The Bertz CT molecular complexity index is 189. The van der Waals surface area contributed by atoms with Crippen LogP contribution in [0.4, 0.5) is 6.01 Å². The third-order valence-electron chi connectivity index (χ3n) is 1.75. The van der Waals surface area contributed by atoms with E-state index < -0.39 is 0 Å². The van der Waals surface area contributed by atoms with Gasteiger partial charge in [0.15, 0.2) is 0 Å². The maximum absolute atomic E-state index is 5.08. The molecule has 0 aliphatic carbocycles. The van der Waals surface area contributed by atoms with E-state index in [1.54, 1.807) is 0 Å². The molecule has 0 amide bonds. The van der Waals surface area contributed by atoms with E-state index in [1.807, 2.05) is 0 Å². The van der Waals surface area contributed by atoms with E-state index in [4.69, 9.17) is 4.42 Å². The Morgan fingerprint density at radius 2 is 2.30 bits per heavy atom. The Morgan fingerprint density at radius 3 is 2.90 bits per heavy atom. The molecular weight excluding hydrogens is 128 g/mol. The van der Waals surface area contributed by atoms with Crippen LogP contribution in [0.3, 0.4) is 0 Å². The summed E-state index contributed by atoms with van der Waals surface area (Å²) in [6, 6.07) is 0.720. The zero-order valence-corrected chi connectivity index (χ0v) is 5.71. The van der Waals surface area contributed by atoms with Crippen molar-refractivity contribution >= 4 is 6.01 Å². The van der Waals surface area contributed by atoms with Crippen LogP contribution in [0.2, 0.25) is 0 Å². The number of nitrogens with zero attached hydrogens (tertiary/aromatic N) is 2. The van der Waals surface area contributed by atoms with Crippen LogP contribution in [-0.2, 0) is 0 Å². The predicted molar refractivity (Wildman–Crippen MR) is 36.8 cm³/mol. The second kappa shape index (κ2) is 2.33. The number of hydrogen-bond donors (Lipinski definition) is 0. The van der Waals surface area contributed by atoms with Crippen LogP contribution in [-0.4, -0.2) is 18.1 Å². The van der Waals surface area contributed by atoms with E-state index in [2.05, 4.69) is 16.1 Å². The lowest BCUT2D eigenvalue weighted by Gasteiger charge is -2.09. The fraction of sp³-hybridized carbons (Fsp3) is 0.571. The van der Waals surface area contributed by atoms with Gasteiger partial charge in [-0.25, -0.2) is 0 Å². The molecule has 53 valence electrons. The predicted octanol–water partition coefficient (Wildman–Crippen LogP) is 1.07. The van der Waals surface area contributed by atoms with Gasteiger partial charge in [-0.1, -0.05) is 0 Å². The highest BCUT2D eigenvalue weighted by molar-refractivity contribution is 5.25. The number of anilines is 1. The Hall–Kier alpha value is -0.990. The minimum atomic E-state index is 0.720. The highest BCUT2D eigenvalue weighted by Crippen LogP contribution is 2.16. The van der Waals surface area contributed by atoms with E-state index in [0.717, 1.165) is 19.1 Å². The van der Waals surface area contributed by atoms with E-state index in [0.29, 0.717) is 0 Å².